The van der Waals surface area contributed by atoms with Crippen LogP contribution in [-0.2, 0) is 9.47 Å². The Morgan fingerprint density at radius 3 is 2.43 bits per heavy atom. The van der Waals surface area contributed by atoms with Gasteiger partial charge >= 0.3 is 0 Å². The minimum atomic E-state index is -0.475. The molecule has 0 aromatic heterocycles. The highest BCUT2D eigenvalue weighted by atomic mass is 16.5. The maximum atomic E-state index is 9.10. The fourth-order valence-corrected chi connectivity index (χ4v) is 0.706. The molecule has 0 aliphatic heterocycles. The van der Waals surface area contributed by atoms with Gasteiger partial charge in [0.2, 0.25) is 0 Å². The second kappa shape index (κ2) is 15.1. The molecule has 0 bridgehead atoms. The highest BCUT2D eigenvalue weighted by Gasteiger charge is 2.01. The van der Waals surface area contributed by atoms with Crippen LogP contribution in [0.1, 0.15) is 26.7 Å². The molecule has 86 valence electrons. The van der Waals surface area contributed by atoms with Crippen LogP contribution in [0.25, 0.3) is 0 Å². The van der Waals surface area contributed by atoms with Gasteiger partial charge in [0.1, 0.15) is 6.10 Å². The van der Waals surface area contributed by atoms with Crippen LogP contribution < -0.4 is 0 Å². The molecule has 0 fully saturated rings. The molecule has 0 radical (unpaired) electrons. The van der Waals surface area contributed by atoms with Crippen LogP contribution in [0.2, 0.25) is 0 Å². The molecule has 0 saturated heterocycles. The predicted octanol–water partition coefficient (Wildman–Crippen LogP) is 2.00. The lowest BCUT2D eigenvalue weighted by molar-refractivity contribution is -0.00658. The molecule has 1 N–H and O–H groups in total. The highest BCUT2D eigenvalue weighted by Crippen LogP contribution is 1.90. The Labute approximate surface area is 87.7 Å². The molecule has 0 aliphatic carbocycles. The first-order valence-corrected chi connectivity index (χ1v) is 5.04. The maximum absolute atomic E-state index is 9.10. The second-order valence-electron chi connectivity index (χ2n) is 2.95. The minimum Gasteiger partial charge on any atom is -0.388 e. The smallest absolute Gasteiger partial charge is 0.101 e. The van der Waals surface area contributed by atoms with Crippen molar-refractivity contribution in [2.45, 2.75) is 32.8 Å². The van der Waals surface area contributed by atoms with Crippen LogP contribution in [0.5, 0.6) is 0 Å². The summed E-state index contributed by atoms with van der Waals surface area (Å²) in [6.45, 7) is 8.83. The molecule has 0 aromatic rings. The van der Waals surface area contributed by atoms with Crippen LogP contribution in [0, 0.1) is 0 Å². The lowest BCUT2D eigenvalue weighted by Gasteiger charge is -2.09. The van der Waals surface area contributed by atoms with Gasteiger partial charge in [-0.15, -0.1) is 6.58 Å². The Hall–Kier alpha value is -0.380. The number of hydrogen-bond acceptors (Lipinski definition) is 3. The van der Waals surface area contributed by atoms with Gasteiger partial charge < -0.3 is 14.6 Å². The van der Waals surface area contributed by atoms with E-state index in [1.807, 2.05) is 6.92 Å². The number of unbranched alkanes of at least 4 members (excludes halogenated alkanes) is 1. The zero-order valence-corrected chi connectivity index (χ0v) is 9.66. The Bertz CT molecular complexity index is 105. The SMILES string of the molecule is C=CC.CCCCOCC(O)COC. The zero-order valence-electron chi connectivity index (χ0n) is 9.66. The molecular formula is C11H24O3. The summed E-state index contributed by atoms with van der Waals surface area (Å²) in [6, 6.07) is 0. The van der Waals surface area contributed by atoms with Gasteiger partial charge in [-0.3, -0.25) is 0 Å². The van der Waals surface area contributed by atoms with Crippen LogP contribution in [0.3, 0.4) is 0 Å². The molecular weight excluding hydrogens is 180 g/mol. The monoisotopic (exact) mass is 204 g/mol. The van der Waals surface area contributed by atoms with E-state index in [2.05, 4.69) is 13.5 Å². The molecule has 0 spiro atoms. The van der Waals surface area contributed by atoms with Gasteiger partial charge in [0.15, 0.2) is 0 Å². The molecule has 1 unspecified atom stereocenters. The molecule has 0 rings (SSSR count). The van der Waals surface area contributed by atoms with Crippen LogP contribution >= 0.6 is 0 Å². The first kappa shape index (κ1) is 16.1. The summed E-state index contributed by atoms with van der Waals surface area (Å²) in [4.78, 5) is 0. The summed E-state index contributed by atoms with van der Waals surface area (Å²) in [6.07, 6.45) is 3.46. The van der Waals surface area contributed by atoms with E-state index in [9.17, 15) is 0 Å². The van der Waals surface area contributed by atoms with Gasteiger partial charge in [-0.1, -0.05) is 19.4 Å². The Kier molecular flexibility index (Phi) is 17.3. The van der Waals surface area contributed by atoms with Crippen molar-refractivity contribution in [3.8, 4) is 0 Å². The van der Waals surface area contributed by atoms with E-state index in [0.29, 0.717) is 13.2 Å². The van der Waals surface area contributed by atoms with E-state index in [1.54, 1.807) is 13.2 Å². The van der Waals surface area contributed by atoms with Crippen molar-refractivity contribution < 1.29 is 14.6 Å². The number of aliphatic hydroxyl groups excluding tert-OH is 1. The zero-order chi connectivity index (χ0) is 11.2. The van der Waals surface area contributed by atoms with Crippen molar-refractivity contribution in [3.05, 3.63) is 12.7 Å². The summed E-state index contributed by atoms with van der Waals surface area (Å²) in [5, 5.41) is 9.10. The largest absolute Gasteiger partial charge is 0.388 e. The second-order valence-corrected chi connectivity index (χ2v) is 2.95. The lowest BCUT2D eigenvalue weighted by Crippen LogP contribution is -2.21. The number of methoxy groups -OCH3 is 1. The number of ether oxygens (including phenoxy) is 2. The van der Waals surface area contributed by atoms with Crippen LogP contribution in [-0.4, -0.2) is 38.1 Å². The summed E-state index contributed by atoms with van der Waals surface area (Å²) >= 11 is 0. The van der Waals surface area contributed by atoms with Gasteiger partial charge in [0.05, 0.1) is 13.2 Å². The van der Waals surface area contributed by atoms with E-state index >= 15 is 0 Å². The minimum absolute atomic E-state index is 0.353. The molecule has 1 atom stereocenters. The van der Waals surface area contributed by atoms with Crippen LogP contribution in [0.4, 0.5) is 0 Å². The fraction of sp³-hybridized carbons (Fsp3) is 0.818. The topological polar surface area (TPSA) is 38.7 Å². The van der Waals surface area contributed by atoms with Crippen molar-refractivity contribution in [1.82, 2.24) is 0 Å². The maximum Gasteiger partial charge on any atom is 0.101 e. The van der Waals surface area contributed by atoms with Crippen molar-refractivity contribution in [2.75, 3.05) is 26.9 Å². The molecule has 3 nitrogen and oxygen atoms in total. The quantitative estimate of drug-likeness (QED) is 0.509. The van der Waals surface area contributed by atoms with Gasteiger partial charge in [0, 0.05) is 13.7 Å². The van der Waals surface area contributed by atoms with E-state index in [0.717, 1.165) is 19.4 Å². The fourth-order valence-electron chi connectivity index (χ4n) is 0.706. The number of rotatable bonds is 7. The first-order chi connectivity index (χ1) is 6.72. The normalized spacial score (nSPS) is 11.4. The van der Waals surface area contributed by atoms with Gasteiger partial charge in [-0.2, -0.15) is 0 Å². The molecule has 14 heavy (non-hydrogen) atoms. The molecule has 0 aliphatic rings. The highest BCUT2D eigenvalue weighted by molar-refractivity contribution is 4.51. The molecule has 0 aromatic carbocycles. The third-order valence-corrected chi connectivity index (χ3v) is 1.31. The van der Waals surface area contributed by atoms with Gasteiger partial charge in [0.25, 0.3) is 0 Å². The van der Waals surface area contributed by atoms with Gasteiger partial charge in [-0.05, 0) is 13.3 Å². The summed E-state index contributed by atoms with van der Waals surface area (Å²) in [5.74, 6) is 0. The number of allylic oxidation sites excluding steroid dienone is 1. The molecule has 0 amide bonds. The van der Waals surface area contributed by atoms with E-state index in [-0.39, 0.29) is 0 Å². The van der Waals surface area contributed by atoms with Crippen molar-refractivity contribution in [1.29, 1.82) is 0 Å². The number of aliphatic hydroxyl groups is 1. The van der Waals surface area contributed by atoms with E-state index < -0.39 is 6.10 Å². The van der Waals surface area contributed by atoms with Crippen molar-refractivity contribution in [3.63, 3.8) is 0 Å². The summed E-state index contributed by atoms with van der Waals surface area (Å²) < 4.78 is 9.89. The van der Waals surface area contributed by atoms with Crippen molar-refractivity contribution >= 4 is 0 Å². The third kappa shape index (κ3) is 17.6. The van der Waals surface area contributed by atoms with E-state index in [1.165, 1.54) is 0 Å². The Morgan fingerprint density at radius 2 is 2.00 bits per heavy atom. The van der Waals surface area contributed by atoms with Gasteiger partial charge in [-0.25, -0.2) is 0 Å². The standard InChI is InChI=1S/C8H18O3.C3H6/c1-3-4-5-11-7-8(9)6-10-2;1-3-2/h8-9H,3-7H2,1-2H3;3H,1H2,2H3. The van der Waals surface area contributed by atoms with Crippen molar-refractivity contribution in [2.24, 2.45) is 0 Å². The third-order valence-electron chi connectivity index (χ3n) is 1.31. The molecule has 0 heterocycles. The number of hydrogen-bond donors (Lipinski definition) is 1. The van der Waals surface area contributed by atoms with Crippen LogP contribution in [0.15, 0.2) is 12.7 Å². The molecule has 3 heteroatoms. The first-order valence-electron chi connectivity index (χ1n) is 5.04. The molecule has 0 saturated carbocycles. The lowest BCUT2D eigenvalue weighted by atomic mass is 10.3. The summed E-state index contributed by atoms with van der Waals surface area (Å²) in [5.41, 5.74) is 0. The predicted molar refractivity (Wildman–Crippen MR) is 59.5 cm³/mol. The average Bonchev–Trinajstić information content (AvgIpc) is 2.14. The van der Waals surface area contributed by atoms with E-state index in [4.69, 9.17) is 14.6 Å². The average molecular weight is 204 g/mol. The Balaban J connectivity index is 0. The summed E-state index contributed by atoms with van der Waals surface area (Å²) in [7, 11) is 1.56. The Morgan fingerprint density at radius 1 is 1.43 bits per heavy atom.